The quantitative estimate of drug-likeness (QED) is 0.745. The van der Waals surface area contributed by atoms with Gasteiger partial charge in [-0.15, -0.1) is 0 Å². The first kappa shape index (κ1) is 9.93. The van der Waals surface area contributed by atoms with Crippen LogP contribution in [0.4, 0.5) is 0 Å². The van der Waals surface area contributed by atoms with Crippen molar-refractivity contribution in [1.82, 2.24) is 0 Å². The summed E-state index contributed by atoms with van der Waals surface area (Å²) in [4.78, 5) is 11.2. The molecule has 1 saturated carbocycles. The van der Waals surface area contributed by atoms with E-state index in [9.17, 15) is 9.90 Å². The van der Waals surface area contributed by atoms with Crippen LogP contribution < -0.4 is 0 Å². The Labute approximate surface area is 83.2 Å². The Morgan fingerprint density at radius 3 is 2.29 bits per heavy atom. The summed E-state index contributed by atoms with van der Waals surface area (Å²) in [5, 5.41) is 9.20. The molecule has 2 fully saturated rings. The van der Waals surface area contributed by atoms with E-state index in [0.717, 1.165) is 6.42 Å². The van der Waals surface area contributed by atoms with Crippen molar-refractivity contribution in [2.75, 3.05) is 13.2 Å². The van der Waals surface area contributed by atoms with Crippen molar-refractivity contribution < 1.29 is 19.4 Å². The standard InChI is InChI=1S/C10H16O4/c1-2-3-10(13-6-7-14-10)9(4-5-9)8(11)12/h2-7H2,1H3,(H,11,12). The van der Waals surface area contributed by atoms with E-state index in [4.69, 9.17) is 9.47 Å². The van der Waals surface area contributed by atoms with Crippen LogP contribution in [-0.2, 0) is 14.3 Å². The lowest BCUT2D eigenvalue weighted by Gasteiger charge is -2.33. The van der Waals surface area contributed by atoms with Crippen LogP contribution in [0.25, 0.3) is 0 Å². The second kappa shape index (κ2) is 3.21. The van der Waals surface area contributed by atoms with Crippen molar-refractivity contribution in [1.29, 1.82) is 0 Å². The normalized spacial score (nSPS) is 27.5. The second-order valence-electron chi connectivity index (χ2n) is 4.09. The van der Waals surface area contributed by atoms with Gasteiger partial charge in [0, 0.05) is 6.42 Å². The zero-order valence-corrected chi connectivity index (χ0v) is 8.41. The number of hydrogen-bond acceptors (Lipinski definition) is 3. The van der Waals surface area contributed by atoms with Gasteiger partial charge in [-0.1, -0.05) is 13.3 Å². The molecular formula is C10H16O4. The fourth-order valence-corrected chi connectivity index (χ4v) is 2.33. The van der Waals surface area contributed by atoms with Crippen molar-refractivity contribution in [3.63, 3.8) is 0 Å². The van der Waals surface area contributed by atoms with E-state index in [-0.39, 0.29) is 0 Å². The Balaban J connectivity index is 2.22. The van der Waals surface area contributed by atoms with Crippen molar-refractivity contribution in [3.8, 4) is 0 Å². The molecule has 2 aliphatic rings. The van der Waals surface area contributed by atoms with Crippen LogP contribution in [-0.4, -0.2) is 30.1 Å². The molecule has 0 bridgehead atoms. The first-order valence-corrected chi connectivity index (χ1v) is 5.18. The largest absolute Gasteiger partial charge is 0.481 e. The number of aliphatic carboxylic acids is 1. The lowest BCUT2D eigenvalue weighted by Crippen LogP contribution is -2.45. The molecule has 0 aromatic heterocycles. The first-order valence-electron chi connectivity index (χ1n) is 5.18. The predicted molar refractivity (Wildman–Crippen MR) is 48.8 cm³/mol. The highest BCUT2D eigenvalue weighted by molar-refractivity contribution is 5.79. The summed E-state index contributed by atoms with van der Waals surface area (Å²) in [6.45, 7) is 3.06. The molecule has 80 valence electrons. The summed E-state index contributed by atoms with van der Waals surface area (Å²) in [5.41, 5.74) is -0.750. The van der Waals surface area contributed by atoms with E-state index in [1.54, 1.807) is 0 Å². The summed E-state index contributed by atoms with van der Waals surface area (Å²) >= 11 is 0. The fraction of sp³-hybridized carbons (Fsp3) is 0.900. The van der Waals surface area contributed by atoms with Gasteiger partial charge < -0.3 is 14.6 Å². The Morgan fingerprint density at radius 1 is 1.36 bits per heavy atom. The van der Waals surface area contributed by atoms with Crippen LogP contribution in [0.1, 0.15) is 32.6 Å². The van der Waals surface area contributed by atoms with E-state index in [1.165, 1.54) is 0 Å². The molecule has 1 saturated heterocycles. The molecule has 0 radical (unpaired) electrons. The maximum absolute atomic E-state index is 11.2. The van der Waals surface area contributed by atoms with Crippen molar-refractivity contribution >= 4 is 5.97 Å². The third-order valence-electron chi connectivity index (χ3n) is 3.22. The molecule has 1 aliphatic carbocycles. The number of rotatable bonds is 4. The lowest BCUT2D eigenvalue weighted by atomic mass is 9.91. The minimum Gasteiger partial charge on any atom is -0.481 e. The van der Waals surface area contributed by atoms with E-state index in [1.807, 2.05) is 6.92 Å². The number of carbonyl (C=O) groups is 1. The Bertz CT molecular complexity index is 239. The lowest BCUT2D eigenvalue weighted by molar-refractivity contribution is -0.219. The monoisotopic (exact) mass is 200 g/mol. The van der Waals surface area contributed by atoms with Gasteiger partial charge >= 0.3 is 5.97 Å². The van der Waals surface area contributed by atoms with Gasteiger partial charge in [-0.3, -0.25) is 4.79 Å². The molecule has 14 heavy (non-hydrogen) atoms. The molecule has 2 rings (SSSR count). The molecule has 0 unspecified atom stereocenters. The second-order valence-corrected chi connectivity index (χ2v) is 4.09. The zero-order valence-electron chi connectivity index (χ0n) is 8.41. The SMILES string of the molecule is CCCC1(C2(C(=O)O)CC2)OCCO1. The number of hydrogen-bond donors (Lipinski definition) is 1. The summed E-state index contributed by atoms with van der Waals surface area (Å²) in [6, 6.07) is 0. The third kappa shape index (κ3) is 1.17. The van der Waals surface area contributed by atoms with Gasteiger partial charge in [0.25, 0.3) is 0 Å². The van der Waals surface area contributed by atoms with E-state index >= 15 is 0 Å². The molecule has 0 amide bonds. The van der Waals surface area contributed by atoms with Crippen LogP contribution in [0.5, 0.6) is 0 Å². The smallest absolute Gasteiger partial charge is 0.315 e. The molecular weight excluding hydrogens is 184 g/mol. The Morgan fingerprint density at radius 2 is 1.93 bits per heavy atom. The van der Waals surface area contributed by atoms with E-state index < -0.39 is 17.2 Å². The van der Waals surface area contributed by atoms with Crippen molar-refractivity contribution in [2.24, 2.45) is 5.41 Å². The highest BCUT2D eigenvalue weighted by Crippen LogP contribution is 2.59. The average Bonchev–Trinajstić information content (AvgIpc) is 2.85. The molecule has 1 N–H and O–H groups in total. The zero-order chi connectivity index (χ0) is 10.2. The molecule has 0 spiro atoms. The van der Waals surface area contributed by atoms with Crippen LogP contribution in [0.2, 0.25) is 0 Å². The van der Waals surface area contributed by atoms with Gasteiger partial charge in [0.1, 0.15) is 5.41 Å². The molecule has 4 heteroatoms. The van der Waals surface area contributed by atoms with Crippen LogP contribution >= 0.6 is 0 Å². The third-order valence-corrected chi connectivity index (χ3v) is 3.22. The topological polar surface area (TPSA) is 55.8 Å². The van der Waals surface area contributed by atoms with Gasteiger partial charge in [0.05, 0.1) is 13.2 Å². The van der Waals surface area contributed by atoms with Gasteiger partial charge in [-0.2, -0.15) is 0 Å². The van der Waals surface area contributed by atoms with Crippen molar-refractivity contribution in [3.05, 3.63) is 0 Å². The van der Waals surface area contributed by atoms with E-state index in [0.29, 0.717) is 32.5 Å². The summed E-state index contributed by atoms with van der Waals surface area (Å²) in [6.07, 6.45) is 2.93. The van der Waals surface area contributed by atoms with Crippen LogP contribution in [0.15, 0.2) is 0 Å². The maximum atomic E-state index is 11.2. The van der Waals surface area contributed by atoms with Crippen LogP contribution in [0, 0.1) is 5.41 Å². The van der Waals surface area contributed by atoms with Gasteiger partial charge in [0.15, 0.2) is 5.79 Å². The molecule has 0 aromatic carbocycles. The minimum absolute atomic E-state index is 0.523. The predicted octanol–water partition coefficient (Wildman–Crippen LogP) is 1.39. The van der Waals surface area contributed by atoms with Crippen molar-refractivity contribution in [2.45, 2.75) is 38.4 Å². The van der Waals surface area contributed by atoms with Gasteiger partial charge in [0.2, 0.25) is 0 Å². The molecule has 0 aromatic rings. The Hall–Kier alpha value is -0.610. The Kier molecular flexibility index (Phi) is 2.27. The molecule has 1 heterocycles. The molecule has 1 aliphatic heterocycles. The summed E-state index contributed by atoms with van der Waals surface area (Å²) < 4.78 is 11.1. The maximum Gasteiger partial charge on any atom is 0.315 e. The minimum atomic E-state index is -0.826. The summed E-state index contributed by atoms with van der Waals surface area (Å²) in [5.74, 6) is -1.60. The highest BCUT2D eigenvalue weighted by Gasteiger charge is 2.67. The summed E-state index contributed by atoms with van der Waals surface area (Å²) in [7, 11) is 0. The van der Waals surface area contributed by atoms with Gasteiger partial charge in [-0.05, 0) is 12.8 Å². The fourth-order valence-electron chi connectivity index (χ4n) is 2.33. The van der Waals surface area contributed by atoms with Gasteiger partial charge in [-0.25, -0.2) is 0 Å². The molecule has 4 nitrogen and oxygen atoms in total. The molecule has 0 atom stereocenters. The number of ether oxygens (including phenoxy) is 2. The number of carboxylic acid groups (broad SMARTS) is 1. The van der Waals surface area contributed by atoms with Crippen LogP contribution in [0.3, 0.4) is 0 Å². The highest BCUT2D eigenvalue weighted by atomic mass is 16.7. The average molecular weight is 200 g/mol. The number of carboxylic acids is 1. The van der Waals surface area contributed by atoms with E-state index in [2.05, 4.69) is 0 Å². The first-order chi connectivity index (χ1) is 6.67.